The predicted molar refractivity (Wildman–Crippen MR) is 81.2 cm³/mol. The van der Waals surface area contributed by atoms with E-state index in [9.17, 15) is 0 Å². The van der Waals surface area contributed by atoms with Crippen LogP contribution in [0.2, 0.25) is 0 Å². The van der Waals surface area contributed by atoms with E-state index in [2.05, 4.69) is 42.4 Å². The van der Waals surface area contributed by atoms with Crippen LogP contribution in [-0.4, -0.2) is 11.5 Å². The summed E-state index contributed by atoms with van der Waals surface area (Å²) < 4.78 is 0. The number of hydrogen-bond acceptors (Lipinski definition) is 2. The Labute approximate surface area is 117 Å². The van der Waals surface area contributed by atoms with E-state index < -0.39 is 0 Å². The Kier molecular flexibility index (Phi) is 5.59. The van der Waals surface area contributed by atoms with Gasteiger partial charge in [-0.25, -0.2) is 0 Å². The molecule has 0 saturated heterocycles. The van der Waals surface area contributed by atoms with Crippen LogP contribution in [-0.2, 0) is 0 Å². The van der Waals surface area contributed by atoms with Gasteiger partial charge in [0.1, 0.15) is 0 Å². The van der Waals surface area contributed by atoms with Gasteiger partial charge in [0.15, 0.2) is 0 Å². The molecule has 19 heavy (non-hydrogen) atoms. The standard InChI is InChI=1S/C17H26N2/c1-3-12-19-17(15-9-6-4-5-7-10-15)16-11-8-13-18-14(16)2/h8-9,11,13,17,19H,3-7,10,12H2,1-2H3. The number of rotatable bonds is 5. The summed E-state index contributed by atoms with van der Waals surface area (Å²) in [5, 5.41) is 3.72. The zero-order valence-corrected chi connectivity index (χ0v) is 12.3. The number of aromatic nitrogens is 1. The van der Waals surface area contributed by atoms with Gasteiger partial charge in [-0.1, -0.05) is 31.1 Å². The third-order valence-corrected chi connectivity index (χ3v) is 3.90. The molecule has 0 aliphatic heterocycles. The van der Waals surface area contributed by atoms with Crippen molar-refractivity contribution >= 4 is 0 Å². The fraction of sp³-hybridized carbons (Fsp3) is 0.588. The van der Waals surface area contributed by atoms with Gasteiger partial charge < -0.3 is 5.32 Å². The summed E-state index contributed by atoms with van der Waals surface area (Å²) in [5.41, 5.74) is 4.08. The van der Waals surface area contributed by atoms with Crippen molar-refractivity contribution in [1.82, 2.24) is 10.3 Å². The quantitative estimate of drug-likeness (QED) is 0.796. The molecule has 1 unspecified atom stereocenters. The molecule has 104 valence electrons. The number of hydrogen-bond donors (Lipinski definition) is 1. The van der Waals surface area contributed by atoms with Crippen LogP contribution in [0.4, 0.5) is 0 Å². The van der Waals surface area contributed by atoms with Crippen molar-refractivity contribution in [3.05, 3.63) is 41.2 Å². The smallest absolute Gasteiger partial charge is 0.0554 e. The summed E-state index contributed by atoms with van der Waals surface area (Å²) in [5.74, 6) is 0. The lowest BCUT2D eigenvalue weighted by Crippen LogP contribution is -2.25. The molecule has 0 spiro atoms. The van der Waals surface area contributed by atoms with Crippen molar-refractivity contribution < 1.29 is 0 Å². The van der Waals surface area contributed by atoms with E-state index in [0.717, 1.165) is 12.2 Å². The molecule has 1 aromatic heterocycles. The van der Waals surface area contributed by atoms with E-state index >= 15 is 0 Å². The Morgan fingerprint density at radius 2 is 2.21 bits per heavy atom. The fourth-order valence-electron chi connectivity index (χ4n) is 2.83. The normalized spacial score (nSPS) is 17.7. The van der Waals surface area contributed by atoms with Gasteiger partial charge in [-0.2, -0.15) is 0 Å². The second-order valence-electron chi connectivity index (χ2n) is 5.44. The first kappa shape index (κ1) is 14.3. The Balaban J connectivity index is 2.24. The minimum atomic E-state index is 0.367. The Bertz CT molecular complexity index is 423. The fourth-order valence-corrected chi connectivity index (χ4v) is 2.83. The maximum absolute atomic E-state index is 4.46. The molecule has 1 heterocycles. The first-order valence-electron chi connectivity index (χ1n) is 7.66. The largest absolute Gasteiger partial charge is 0.306 e. The molecule has 0 fully saturated rings. The van der Waals surface area contributed by atoms with E-state index in [1.165, 1.54) is 44.1 Å². The summed E-state index contributed by atoms with van der Waals surface area (Å²) in [4.78, 5) is 4.46. The topological polar surface area (TPSA) is 24.9 Å². The van der Waals surface area contributed by atoms with E-state index in [-0.39, 0.29) is 0 Å². The van der Waals surface area contributed by atoms with Gasteiger partial charge in [-0.05, 0) is 57.2 Å². The molecule has 2 nitrogen and oxygen atoms in total. The Morgan fingerprint density at radius 3 is 3.00 bits per heavy atom. The molecule has 2 rings (SSSR count). The van der Waals surface area contributed by atoms with Crippen molar-refractivity contribution in [2.75, 3.05) is 6.54 Å². The molecule has 1 atom stereocenters. The summed E-state index contributed by atoms with van der Waals surface area (Å²) in [6.07, 6.45) is 12.0. The maximum atomic E-state index is 4.46. The van der Waals surface area contributed by atoms with Crippen LogP contribution in [0.3, 0.4) is 0 Å². The van der Waals surface area contributed by atoms with Crippen LogP contribution in [0.25, 0.3) is 0 Å². The van der Waals surface area contributed by atoms with Crippen molar-refractivity contribution in [3.63, 3.8) is 0 Å². The van der Waals surface area contributed by atoms with Gasteiger partial charge in [0.2, 0.25) is 0 Å². The molecule has 1 aromatic rings. The Morgan fingerprint density at radius 1 is 1.32 bits per heavy atom. The maximum Gasteiger partial charge on any atom is 0.0554 e. The highest BCUT2D eigenvalue weighted by Gasteiger charge is 2.18. The van der Waals surface area contributed by atoms with Crippen LogP contribution in [0.5, 0.6) is 0 Å². The van der Waals surface area contributed by atoms with E-state index in [1.54, 1.807) is 5.57 Å². The molecule has 0 radical (unpaired) electrons. The monoisotopic (exact) mass is 258 g/mol. The van der Waals surface area contributed by atoms with Crippen molar-refractivity contribution in [2.24, 2.45) is 0 Å². The second-order valence-corrected chi connectivity index (χ2v) is 5.44. The third-order valence-electron chi connectivity index (χ3n) is 3.90. The van der Waals surface area contributed by atoms with Gasteiger partial charge in [-0.3, -0.25) is 4.98 Å². The summed E-state index contributed by atoms with van der Waals surface area (Å²) >= 11 is 0. The average molecular weight is 258 g/mol. The average Bonchev–Trinajstić information content (AvgIpc) is 2.70. The zero-order chi connectivity index (χ0) is 13.5. The first-order valence-corrected chi connectivity index (χ1v) is 7.66. The van der Waals surface area contributed by atoms with Gasteiger partial charge in [0.05, 0.1) is 6.04 Å². The van der Waals surface area contributed by atoms with E-state index in [0.29, 0.717) is 6.04 Å². The number of nitrogens with zero attached hydrogens (tertiary/aromatic N) is 1. The Hall–Kier alpha value is -1.15. The minimum Gasteiger partial charge on any atom is -0.306 e. The highest BCUT2D eigenvalue weighted by Crippen LogP contribution is 2.30. The highest BCUT2D eigenvalue weighted by molar-refractivity contribution is 5.31. The van der Waals surface area contributed by atoms with Crippen LogP contribution in [0, 0.1) is 6.92 Å². The van der Waals surface area contributed by atoms with Crippen LogP contribution in [0.15, 0.2) is 30.0 Å². The van der Waals surface area contributed by atoms with E-state index in [1.807, 2.05) is 6.20 Å². The number of nitrogens with one attached hydrogen (secondary N) is 1. The second kappa shape index (κ2) is 7.44. The number of allylic oxidation sites excluding steroid dienone is 1. The SMILES string of the molecule is CCCNC(C1=CCCCCC1)c1cccnc1C. The number of pyridine rings is 1. The van der Waals surface area contributed by atoms with Crippen molar-refractivity contribution in [2.45, 2.75) is 58.4 Å². The molecule has 0 amide bonds. The zero-order valence-electron chi connectivity index (χ0n) is 12.3. The van der Waals surface area contributed by atoms with Gasteiger partial charge in [-0.15, -0.1) is 0 Å². The molecular formula is C17H26N2. The predicted octanol–water partition coefficient (Wildman–Crippen LogP) is 4.32. The molecular weight excluding hydrogens is 232 g/mol. The molecule has 1 aliphatic rings. The van der Waals surface area contributed by atoms with Crippen molar-refractivity contribution in [3.8, 4) is 0 Å². The molecule has 1 aliphatic carbocycles. The molecule has 0 aromatic carbocycles. The summed E-state index contributed by atoms with van der Waals surface area (Å²) in [6.45, 7) is 5.41. The summed E-state index contributed by atoms with van der Waals surface area (Å²) in [6, 6.07) is 4.65. The van der Waals surface area contributed by atoms with Gasteiger partial charge in [0.25, 0.3) is 0 Å². The van der Waals surface area contributed by atoms with Gasteiger partial charge in [0, 0.05) is 11.9 Å². The van der Waals surface area contributed by atoms with Crippen LogP contribution < -0.4 is 5.32 Å². The molecule has 0 bridgehead atoms. The number of aryl methyl sites for hydroxylation is 1. The summed E-state index contributed by atoms with van der Waals surface area (Å²) in [7, 11) is 0. The third kappa shape index (κ3) is 3.90. The van der Waals surface area contributed by atoms with Crippen molar-refractivity contribution in [1.29, 1.82) is 0 Å². The van der Waals surface area contributed by atoms with Gasteiger partial charge >= 0.3 is 0 Å². The highest BCUT2D eigenvalue weighted by atomic mass is 14.9. The van der Waals surface area contributed by atoms with E-state index in [4.69, 9.17) is 0 Å². The molecule has 0 saturated carbocycles. The molecule has 2 heteroatoms. The lowest BCUT2D eigenvalue weighted by molar-refractivity contribution is 0.563. The molecule has 1 N–H and O–H groups in total. The van der Waals surface area contributed by atoms with Crippen LogP contribution >= 0.6 is 0 Å². The lowest BCUT2D eigenvalue weighted by atomic mass is 9.94. The lowest BCUT2D eigenvalue weighted by Gasteiger charge is -2.23. The minimum absolute atomic E-state index is 0.367. The first-order chi connectivity index (χ1) is 9.33. The van der Waals surface area contributed by atoms with Crippen LogP contribution in [0.1, 0.15) is 62.7 Å².